The monoisotopic (exact) mass is 341 g/mol. The summed E-state index contributed by atoms with van der Waals surface area (Å²) in [5.74, 6) is -1.35. The average molecular weight is 341 g/mol. The molecular formula is C16H23NO5S. The summed E-state index contributed by atoms with van der Waals surface area (Å²) >= 11 is 0. The summed E-state index contributed by atoms with van der Waals surface area (Å²) in [6, 6.07) is 6.80. The van der Waals surface area contributed by atoms with Crippen LogP contribution in [0.25, 0.3) is 0 Å². The van der Waals surface area contributed by atoms with Crippen molar-refractivity contribution >= 4 is 21.7 Å². The number of hydrogen-bond acceptors (Lipinski definition) is 4. The van der Waals surface area contributed by atoms with Gasteiger partial charge in [-0.3, -0.25) is 9.52 Å². The summed E-state index contributed by atoms with van der Waals surface area (Å²) in [7, 11) is -3.45. The summed E-state index contributed by atoms with van der Waals surface area (Å²) in [6.07, 6.45) is 2.93. The molecule has 2 atom stereocenters. The molecule has 0 bridgehead atoms. The number of anilines is 1. The first-order chi connectivity index (χ1) is 10.9. The number of carboxylic acid groups (broad SMARTS) is 1. The number of aliphatic carboxylic acids is 1. The molecule has 1 aromatic rings. The highest BCUT2D eigenvalue weighted by Gasteiger charge is 2.22. The maximum Gasteiger partial charge on any atom is 0.306 e. The third-order valence-electron chi connectivity index (χ3n) is 3.87. The van der Waals surface area contributed by atoms with Gasteiger partial charge in [0, 0.05) is 12.3 Å². The Kier molecular flexibility index (Phi) is 6.01. The van der Waals surface area contributed by atoms with Gasteiger partial charge < -0.3 is 9.84 Å². The van der Waals surface area contributed by atoms with Crippen LogP contribution in [-0.4, -0.2) is 38.0 Å². The van der Waals surface area contributed by atoms with Crippen molar-refractivity contribution in [1.29, 1.82) is 0 Å². The lowest BCUT2D eigenvalue weighted by Gasteiger charge is -2.22. The van der Waals surface area contributed by atoms with Gasteiger partial charge in [0.2, 0.25) is 10.0 Å². The molecular weight excluding hydrogens is 318 g/mol. The van der Waals surface area contributed by atoms with E-state index in [4.69, 9.17) is 9.84 Å². The van der Waals surface area contributed by atoms with Crippen LogP contribution in [0, 0.1) is 5.92 Å². The molecule has 1 saturated heterocycles. The molecule has 1 heterocycles. The first-order valence-corrected chi connectivity index (χ1v) is 9.45. The van der Waals surface area contributed by atoms with E-state index in [-0.39, 0.29) is 11.9 Å². The number of hydrogen-bond donors (Lipinski definition) is 2. The van der Waals surface area contributed by atoms with Crippen molar-refractivity contribution in [2.75, 3.05) is 17.1 Å². The smallest absolute Gasteiger partial charge is 0.306 e. The fourth-order valence-electron chi connectivity index (χ4n) is 2.55. The molecule has 1 aromatic carbocycles. The fourth-order valence-corrected chi connectivity index (χ4v) is 3.89. The molecule has 0 saturated carbocycles. The van der Waals surface area contributed by atoms with Gasteiger partial charge in [0.15, 0.2) is 0 Å². The second kappa shape index (κ2) is 7.79. The number of rotatable bonds is 7. The topological polar surface area (TPSA) is 92.7 Å². The largest absolute Gasteiger partial charge is 0.481 e. The zero-order chi connectivity index (χ0) is 16.9. The lowest BCUT2D eigenvalue weighted by molar-refractivity contribution is -0.141. The van der Waals surface area contributed by atoms with E-state index in [1.807, 2.05) is 0 Å². The molecule has 23 heavy (non-hydrogen) atoms. The quantitative estimate of drug-likeness (QED) is 0.793. The van der Waals surface area contributed by atoms with E-state index >= 15 is 0 Å². The van der Waals surface area contributed by atoms with Crippen molar-refractivity contribution in [3.63, 3.8) is 0 Å². The Labute approximate surface area is 136 Å². The third kappa shape index (κ3) is 5.84. The van der Waals surface area contributed by atoms with Crippen molar-refractivity contribution < 1.29 is 23.1 Å². The maximum absolute atomic E-state index is 12.2. The fraction of sp³-hybridized carbons (Fsp3) is 0.562. The number of nitrogens with one attached hydrogen (secondary N) is 1. The number of carbonyl (C=O) groups is 1. The van der Waals surface area contributed by atoms with E-state index < -0.39 is 21.9 Å². The van der Waals surface area contributed by atoms with Gasteiger partial charge in [-0.15, -0.1) is 0 Å². The SMILES string of the molecule is C[C@@H](Cc1ccc(NS(=O)(=O)C[C@H]2CCCCO2)cc1)C(=O)O. The van der Waals surface area contributed by atoms with Crippen LogP contribution in [0.3, 0.4) is 0 Å². The summed E-state index contributed by atoms with van der Waals surface area (Å²) in [6.45, 7) is 2.26. The van der Waals surface area contributed by atoms with E-state index in [0.29, 0.717) is 18.7 Å². The number of sulfonamides is 1. The predicted molar refractivity (Wildman–Crippen MR) is 87.9 cm³/mol. The van der Waals surface area contributed by atoms with Crippen LogP contribution in [0.4, 0.5) is 5.69 Å². The van der Waals surface area contributed by atoms with Crippen LogP contribution >= 0.6 is 0 Å². The predicted octanol–water partition coefficient (Wildman–Crippen LogP) is 2.26. The van der Waals surface area contributed by atoms with Crippen molar-refractivity contribution in [3.8, 4) is 0 Å². The van der Waals surface area contributed by atoms with E-state index in [2.05, 4.69) is 4.72 Å². The molecule has 7 heteroatoms. The molecule has 0 aliphatic carbocycles. The molecule has 128 valence electrons. The molecule has 2 N–H and O–H groups in total. The van der Waals surface area contributed by atoms with Gasteiger partial charge in [-0.05, 0) is 43.4 Å². The van der Waals surface area contributed by atoms with Crippen molar-refractivity contribution in [3.05, 3.63) is 29.8 Å². The summed E-state index contributed by atoms with van der Waals surface area (Å²) in [5.41, 5.74) is 1.34. The normalized spacial score (nSPS) is 20.0. The van der Waals surface area contributed by atoms with Crippen molar-refractivity contribution in [2.45, 2.75) is 38.7 Å². The summed E-state index contributed by atoms with van der Waals surface area (Å²) < 4.78 is 32.3. The minimum absolute atomic E-state index is 0.0369. The number of ether oxygens (including phenoxy) is 1. The van der Waals surface area contributed by atoms with Gasteiger partial charge in [0.25, 0.3) is 0 Å². The molecule has 2 rings (SSSR count). The Morgan fingerprint density at radius 3 is 2.61 bits per heavy atom. The van der Waals surface area contributed by atoms with E-state index in [0.717, 1.165) is 24.8 Å². The van der Waals surface area contributed by atoms with Crippen LogP contribution in [0.1, 0.15) is 31.7 Å². The minimum Gasteiger partial charge on any atom is -0.481 e. The molecule has 0 amide bonds. The third-order valence-corrected chi connectivity index (χ3v) is 5.23. The standard InChI is InChI=1S/C16H23NO5S/c1-12(16(18)19)10-13-5-7-14(8-6-13)17-23(20,21)11-15-4-2-3-9-22-15/h5-8,12,15,17H,2-4,9-11H2,1H3,(H,18,19)/t12-,15+/m0/s1. The highest BCUT2D eigenvalue weighted by Crippen LogP contribution is 2.18. The van der Waals surface area contributed by atoms with Crippen LogP contribution in [-0.2, 0) is 26.0 Å². The average Bonchev–Trinajstić information content (AvgIpc) is 2.49. The van der Waals surface area contributed by atoms with Crippen LogP contribution < -0.4 is 4.72 Å². The summed E-state index contributed by atoms with van der Waals surface area (Å²) in [4.78, 5) is 10.8. The Bertz CT molecular complexity index is 620. The lowest BCUT2D eigenvalue weighted by Crippen LogP contribution is -2.30. The van der Waals surface area contributed by atoms with Gasteiger partial charge in [0.1, 0.15) is 0 Å². The molecule has 0 unspecified atom stereocenters. The molecule has 0 spiro atoms. The zero-order valence-corrected chi connectivity index (χ0v) is 14.0. The van der Waals surface area contributed by atoms with E-state index in [9.17, 15) is 13.2 Å². The minimum atomic E-state index is -3.45. The second-order valence-electron chi connectivity index (χ2n) is 6.01. The van der Waals surface area contributed by atoms with Gasteiger partial charge in [0.05, 0.1) is 17.8 Å². The highest BCUT2D eigenvalue weighted by atomic mass is 32.2. The van der Waals surface area contributed by atoms with Crippen LogP contribution in [0.2, 0.25) is 0 Å². The van der Waals surface area contributed by atoms with E-state index in [1.54, 1.807) is 31.2 Å². The van der Waals surface area contributed by atoms with Gasteiger partial charge in [-0.25, -0.2) is 8.42 Å². The Hall–Kier alpha value is -1.60. The Morgan fingerprint density at radius 1 is 1.35 bits per heavy atom. The Morgan fingerprint density at radius 2 is 2.04 bits per heavy atom. The molecule has 1 fully saturated rings. The van der Waals surface area contributed by atoms with Gasteiger partial charge >= 0.3 is 5.97 Å². The van der Waals surface area contributed by atoms with Crippen LogP contribution in [0.5, 0.6) is 0 Å². The molecule has 0 aromatic heterocycles. The maximum atomic E-state index is 12.2. The van der Waals surface area contributed by atoms with Crippen molar-refractivity contribution in [2.24, 2.45) is 5.92 Å². The Balaban J connectivity index is 1.92. The van der Waals surface area contributed by atoms with E-state index in [1.165, 1.54) is 0 Å². The summed E-state index contributed by atoms with van der Waals surface area (Å²) in [5, 5.41) is 8.90. The molecule has 1 aliphatic heterocycles. The lowest BCUT2D eigenvalue weighted by atomic mass is 10.0. The number of carboxylic acids is 1. The number of benzene rings is 1. The van der Waals surface area contributed by atoms with Crippen molar-refractivity contribution in [1.82, 2.24) is 0 Å². The first kappa shape index (κ1) is 17.7. The second-order valence-corrected chi connectivity index (χ2v) is 7.78. The highest BCUT2D eigenvalue weighted by molar-refractivity contribution is 7.92. The van der Waals surface area contributed by atoms with Crippen LogP contribution in [0.15, 0.2) is 24.3 Å². The zero-order valence-electron chi connectivity index (χ0n) is 13.2. The molecule has 6 nitrogen and oxygen atoms in total. The molecule has 1 aliphatic rings. The van der Waals surface area contributed by atoms with Gasteiger partial charge in [-0.1, -0.05) is 19.1 Å². The first-order valence-electron chi connectivity index (χ1n) is 7.79. The molecule has 0 radical (unpaired) electrons. The van der Waals surface area contributed by atoms with Gasteiger partial charge in [-0.2, -0.15) is 0 Å².